The largest absolute Gasteiger partial charge is 0.369 e. The zero-order valence-electron chi connectivity index (χ0n) is 20.8. The van der Waals surface area contributed by atoms with Crippen LogP contribution in [-0.4, -0.2) is 49.8 Å². The number of amides is 1. The second-order valence-electron chi connectivity index (χ2n) is 9.04. The molecule has 0 spiro atoms. The van der Waals surface area contributed by atoms with Crippen LogP contribution in [0.2, 0.25) is 0 Å². The number of fused-ring (bicyclic) bond motifs is 1. The van der Waals surface area contributed by atoms with E-state index in [1.54, 1.807) is 16.7 Å². The number of pyridine rings is 1. The third-order valence-electron chi connectivity index (χ3n) is 6.58. The Kier molecular flexibility index (Phi) is 6.98. The SMILES string of the molecule is CC#CCN1CCCC(c2nc(-c3ccc(C(=O)Nc4cc(C#N)ccn4)c(F)c3)n3c(N)nccc23)C1. The van der Waals surface area contributed by atoms with E-state index in [9.17, 15) is 4.79 Å². The minimum Gasteiger partial charge on any atom is -0.369 e. The van der Waals surface area contributed by atoms with Crippen molar-refractivity contribution in [2.45, 2.75) is 25.7 Å². The third-order valence-corrected chi connectivity index (χ3v) is 6.58. The van der Waals surface area contributed by atoms with Crippen LogP contribution in [0.4, 0.5) is 16.2 Å². The first-order chi connectivity index (χ1) is 18.5. The molecule has 1 amide bonds. The molecule has 4 aromatic rings. The molecule has 1 aromatic carbocycles. The molecule has 1 unspecified atom stereocenters. The summed E-state index contributed by atoms with van der Waals surface area (Å²) in [6, 6.07) is 11.1. The van der Waals surface area contributed by atoms with E-state index in [0.29, 0.717) is 23.5 Å². The monoisotopic (exact) mass is 508 g/mol. The Bertz CT molecular complexity index is 1630. The number of benzene rings is 1. The summed E-state index contributed by atoms with van der Waals surface area (Å²) < 4.78 is 17.0. The van der Waals surface area contributed by atoms with Crippen molar-refractivity contribution < 1.29 is 9.18 Å². The van der Waals surface area contributed by atoms with Gasteiger partial charge in [0.15, 0.2) is 0 Å². The van der Waals surface area contributed by atoms with Gasteiger partial charge in [0.1, 0.15) is 17.5 Å². The summed E-state index contributed by atoms with van der Waals surface area (Å²) >= 11 is 0. The average molecular weight is 509 g/mol. The highest BCUT2D eigenvalue weighted by Gasteiger charge is 2.27. The summed E-state index contributed by atoms with van der Waals surface area (Å²) in [5, 5.41) is 11.6. The molecule has 3 N–H and O–H groups in total. The van der Waals surface area contributed by atoms with Crippen LogP contribution in [0.3, 0.4) is 0 Å². The van der Waals surface area contributed by atoms with Crippen LogP contribution < -0.4 is 11.1 Å². The number of nitrogens with one attached hydrogen (secondary N) is 1. The number of halogens is 1. The predicted octanol–water partition coefficient (Wildman–Crippen LogP) is 3.84. The molecular formula is C28H25FN8O. The number of imidazole rings is 1. The number of carbonyl (C=O) groups excluding carboxylic acids is 1. The van der Waals surface area contributed by atoms with Gasteiger partial charge in [-0.3, -0.25) is 14.1 Å². The molecular weight excluding hydrogens is 483 g/mol. The molecule has 190 valence electrons. The lowest BCUT2D eigenvalue weighted by molar-refractivity contribution is 0.102. The maximum Gasteiger partial charge on any atom is 0.259 e. The molecule has 4 heterocycles. The quantitative estimate of drug-likeness (QED) is 0.392. The molecule has 1 aliphatic heterocycles. The molecule has 5 rings (SSSR count). The van der Waals surface area contributed by atoms with Crippen molar-refractivity contribution in [3.63, 3.8) is 0 Å². The van der Waals surface area contributed by atoms with E-state index in [1.807, 2.05) is 19.1 Å². The van der Waals surface area contributed by atoms with Gasteiger partial charge in [-0.25, -0.2) is 19.3 Å². The second-order valence-corrected chi connectivity index (χ2v) is 9.04. The summed E-state index contributed by atoms with van der Waals surface area (Å²) in [5.74, 6) is 5.71. The predicted molar refractivity (Wildman–Crippen MR) is 142 cm³/mol. The number of nitrogen functional groups attached to an aromatic ring is 1. The normalized spacial score (nSPS) is 15.4. The lowest BCUT2D eigenvalue weighted by Gasteiger charge is -2.30. The van der Waals surface area contributed by atoms with Crippen molar-refractivity contribution in [2.75, 3.05) is 30.7 Å². The Morgan fingerprint density at radius 2 is 2.08 bits per heavy atom. The molecule has 38 heavy (non-hydrogen) atoms. The molecule has 0 radical (unpaired) electrons. The van der Waals surface area contributed by atoms with Gasteiger partial charge in [-0.2, -0.15) is 5.26 Å². The van der Waals surface area contributed by atoms with Crippen LogP contribution in [0.25, 0.3) is 16.9 Å². The number of likely N-dealkylation sites (tertiary alicyclic amines) is 1. The van der Waals surface area contributed by atoms with E-state index >= 15 is 4.39 Å². The van der Waals surface area contributed by atoms with Gasteiger partial charge >= 0.3 is 0 Å². The minimum atomic E-state index is -0.723. The lowest BCUT2D eigenvalue weighted by atomic mass is 9.94. The van der Waals surface area contributed by atoms with E-state index in [-0.39, 0.29) is 23.2 Å². The summed E-state index contributed by atoms with van der Waals surface area (Å²) in [7, 11) is 0. The summed E-state index contributed by atoms with van der Waals surface area (Å²) in [6.45, 7) is 4.35. The van der Waals surface area contributed by atoms with E-state index in [1.165, 1.54) is 30.5 Å². The van der Waals surface area contributed by atoms with Gasteiger partial charge in [0.25, 0.3) is 5.91 Å². The van der Waals surface area contributed by atoms with Crippen LogP contribution in [0.15, 0.2) is 48.8 Å². The fraction of sp³-hybridized carbons (Fsp3) is 0.250. The first kappa shape index (κ1) is 24.9. The molecule has 1 aliphatic rings. The van der Waals surface area contributed by atoms with Crippen LogP contribution >= 0.6 is 0 Å². The van der Waals surface area contributed by atoms with Crippen molar-refractivity contribution >= 4 is 23.2 Å². The molecule has 0 bridgehead atoms. The number of carbonyl (C=O) groups is 1. The van der Waals surface area contributed by atoms with E-state index in [0.717, 1.165) is 37.1 Å². The van der Waals surface area contributed by atoms with Gasteiger partial charge in [0.05, 0.1) is 35.0 Å². The van der Waals surface area contributed by atoms with Crippen molar-refractivity contribution in [3.8, 4) is 29.3 Å². The standard InChI is InChI=1S/C28H25FN8O/c1-2-3-12-36-13-4-5-20(17-36)25-23-9-11-33-28(31)37(23)26(35-25)19-6-7-21(22(29)15-19)27(38)34-24-14-18(16-30)8-10-32-24/h6-11,14-15,20H,4-5,12-13,17H2,1H3,(H2,31,33)(H,32,34,38). The lowest BCUT2D eigenvalue weighted by Crippen LogP contribution is -2.34. The number of nitrogens with two attached hydrogens (primary N) is 1. The second kappa shape index (κ2) is 10.7. The summed E-state index contributed by atoms with van der Waals surface area (Å²) in [6.07, 6.45) is 5.04. The van der Waals surface area contributed by atoms with Crippen LogP contribution in [0, 0.1) is 29.0 Å². The summed E-state index contributed by atoms with van der Waals surface area (Å²) in [4.78, 5) is 28.2. The maximum atomic E-state index is 15.2. The molecule has 0 aliphatic carbocycles. The molecule has 1 saturated heterocycles. The number of nitriles is 1. The van der Waals surface area contributed by atoms with Crippen molar-refractivity contribution in [1.29, 1.82) is 5.26 Å². The third kappa shape index (κ3) is 4.90. The van der Waals surface area contributed by atoms with Gasteiger partial charge in [-0.15, -0.1) is 5.92 Å². The molecule has 10 heteroatoms. The number of anilines is 2. The number of aromatic nitrogens is 4. The Balaban J connectivity index is 1.47. The smallest absolute Gasteiger partial charge is 0.259 e. The first-order valence-corrected chi connectivity index (χ1v) is 12.2. The Morgan fingerprint density at radius 3 is 2.87 bits per heavy atom. The van der Waals surface area contributed by atoms with Gasteiger partial charge in [0, 0.05) is 30.4 Å². The fourth-order valence-corrected chi connectivity index (χ4v) is 4.78. The van der Waals surface area contributed by atoms with Crippen LogP contribution in [0.5, 0.6) is 0 Å². The first-order valence-electron chi connectivity index (χ1n) is 12.2. The maximum absolute atomic E-state index is 15.2. The van der Waals surface area contributed by atoms with Crippen molar-refractivity contribution in [3.05, 3.63) is 71.4 Å². The van der Waals surface area contributed by atoms with Gasteiger partial charge < -0.3 is 11.1 Å². The van der Waals surface area contributed by atoms with Crippen molar-refractivity contribution in [2.24, 2.45) is 0 Å². The zero-order valence-corrected chi connectivity index (χ0v) is 20.8. The molecule has 1 fully saturated rings. The Hall–Kier alpha value is -4.80. The molecule has 1 atom stereocenters. The van der Waals surface area contributed by atoms with Crippen molar-refractivity contribution in [1.82, 2.24) is 24.3 Å². The van der Waals surface area contributed by atoms with Gasteiger partial charge in [-0.05, 0) is 56.6 Å². The average Bonchev–Trinajstić information content (AvgIpc) is 3.33. The molecule has 3 aromatic heterocycles. The van der Waals surface area contributed by atoms with E-state index in [2.05, 4.69) is 32.0 Å². The zero-order chi connectivity index (χ0) is 26.6. The van der Waals surface area contributed by atoms with Gasteiger partial charge in [-0.1, -0.05) is 12.0 Å². The van der Waals surface area contributed by atoms with Crippen LogP contribution in [-0.2, 0) is 0 Å². The number of piperidine rings is 1. The Morgan fingerprint density at radius 1 is 1.24 bits per heavy atom. The Labute approximate surface area is 219 Å². The molecule has 0 saturated carbocycles. The molecule has 9 nitrogen and oxygen atoms in total. The minimum absolute atomic E-state index is 0.159. The number of hydrogen-bond donors (Lipinski definition) is 2. The van der Waals surface area contributed by atoms with E-state index < -0.39 is 11.7 Å². The van der Waals surface area contributed by atoms with Gasteiger partial charge in [0.2, 0.25) is 5.95 Å². The number of nitrogens with zero attached hydrogens (tertiary/aromatic N) is 6. The number of hydrogen-bond acceptors (Lipinski definition) is 7. The highest BCUT2D eigenvalue weighted by molar-refractivity contribution is 6.04. The topological polar surface area (TPSA) is 125 Å². The highest BCUT2D eigenvalue weighted by Crippen LogP contribution is 2.34. The van der Waals surface area contributed by atoms with Crippen LogP contribution in [0.1, 0.15) is 47.3 Å². The van der Waals surface area contributed by atoms with E-state index in [4.69, 9.17) is 16.0 Å². The fourth-order valence-electron chi connectivity index (χ4n) is 4.78. The number of rotatable bonds is 5. The summed E-state index contributed by atoms with van der Waals surface area (Å²) in [5.41, 5.74) is 8.60. The highest BCUT2D eigenvalue weighted by atomic mass is 19.1.